The maximum Gasteiger partial charge on any atom is 0.159 e. The van der Waals surface area contributed by atoms with E-state index in [1.807, 2.05) is 0 Å². The van der Waals surface area contributed by atoms with E-state index in [1.165, 1.54) is 18.9 Å². The summed E-state index contributed by atoms with van der Waals surface area (Å²) in [4.78, 5) is 0. The first-order valence-corrected chi connectivity index (χ1v) is 7.19. The molecule has 0 saturated heterocycles. The molecule has 3 heteroatoms. The summed E-state index contributed by atoms with van der Waals surface area (Å²) in [6, 6.07) is 3.90. The molecule has 2 rings (SSSR count). The summed E-state index contributed by atoms with van der Waals surface area (Å²) in [6.07, 6.45) is 6.42. The van der Waals surface area contributed by atoms with E-state index in [2.05, 4.69) is 6.92 Å². The molecule has 0 aliphatic heterocycles. The Balaban J connectivity index is 1.96. The second-order valence-corrected chi connectivity index (χ2v) is 5.88. The Morgan fingerprint density at radius 3 is 2.47 bits per heavy atom. The molecule has 0 atom stereocenters. The standard InChI is InChI=1S/C16H22F2O/c1-2-3-12-6-8-16(19,9-7-12)11-13-4-5-14(17)15(18)10-13/h4-5,10,12,19H,2-3,6-9,11H2,1H3. The maximum atomic E-state index is 13.2. The van der Waals surface area contributed by atoms with Crippen molar-refractivity contribution in [2.24, 2.45) is 5.92 Å². The summed E-state index contributed by atoms with van der Waals surface area (Å²) in [7, 11) is 0. The average molecular weight is 268 g/mol. The van der Waals surface area contributed by atoms with Crippen LogP contribution in [0.25, 0.3) is 0 Å². The monoisotopic (exact) mass is 268 g/mol. The quantitative estimate of drug-likeness (QED) is 0.866. The van der Waals surface area contributed by atoms with E-state index >= 15 is 0 Å². The number of hydrogen-bond acceptors (Lipinski definition) is 1. The Kier molecular flexibility index (Phi) is 4.56. The summed E-state index contributed by atoms with van der Waals surface area (Å²) >= 11 is 0. The normalized spacial score (nSPS) is 27.5. The van der Waals surface area contributed by atoms with Gasteiger partial charge >= 0.3 is 0 Å². The Morgan fingerprint density at radius 2 is 1.89 bits per heavy atom. The lowest BCUT2D eigenvalue weighted by atomic mass is 9.75. The topological polar surface area (TPSA) is 20.2 Å². The first-order chi connectivity index (χ1) is 9.02. The van der Waals surface area contributed by atoms with Crippen molar-refractivity contribution in [1.82, 2.24) is 0 Å². The number of benzene rings is 1. The van der Waals surface area contributed by atoms with Crippen molar-refractivity contribution in [2.75, 3.05) is 0 Å². The van der Waals surface area contributed by atoms with Gasteiger partial charge in [0.15, 0.2) is 11.6 Å². The minimum atomic E-state index is -0.833. The number of halogens is 2. The Labute approximate surface area is 113 Å². The molecule has 0 radical (unpaired) electrons. The highest BCUT2D eigenvalue weighted by atomic mass is 19.2. The van der Waals surface area contributed by atoms with Crippen LogP contribution in [0.2, 0.25) is 0 Å². The fraction of sp³-hybridized carbons (Fsp3) is 0.625. The minimum absolute atomic E-state index is 0.420. The van der Waals surface area contributed by atoms with Gasteiger partial charge in [-0.3, -0.25) is 0 Å². The van der Waals surface area contributed by atoms with Gasteiger partial charge in [-0.15, -0.1) is 0 Å². The predicted octanol–water partition coefficient (Wildman–Crippen LogP) is 4.23. The SMILES string of the molecule is CCCC1CCC(O)(Cc2ccc(F)c(F)c2)CC1. The molecule has 0 bridgehead atoms. The molecule has 1 saturated carbocycles. The van der Waals surface area contributed by atoms with Gasteiger partial charge in [-0.25, -0.2) is 8.78 Å². The Bertz CT molecular complexity index is 423. The van der Waals surface area contributed by atoms with Crippen LogP contribution in [-0.4, -0.2) is 10.7 Å². The molecule has 0 heterocycles. The van der Waals surface area contributed by atoms with Gasteiger partial charge < -0.3 is 5.11 Å². The van der Waals surface area contributed by atoms with Crippen molar-refractivity contribution in [3.63, 3.8) is 0 Å². The fourth-order valence-corrected chi connectivity index (χ4v) is 3.12. The Hall–Kier alpha value is -0.960. The van der Waals surface area contributed by atoms with E-state index in [4.69, 9.17) is 0 Å². The van der Waals surface area contributed by atoms with Crippen LogP contribution in [0.5, 0.6) is 0 Å². The molecule has 106 valence electrons. The summed E-state index contributed by atoms with van der Waals surface area (Å²) in [6.45, 7) is 2.18. The second kappa shape index (κ2) is 6.00. The average Bonchev–Trinajstić information content (AvgIpc) is 2.37. The predicted molar refractivity (Wildman–Crippen MR) is 71.9 cm³/mol. The van der Waals surface area contributed by atoms with Gasteiger partial charge in [0.2, 0.25) is 0 Å². The molecule has 1 aliphatic carbocycles. The third-order valence-corrected chi connectivity index (χ3v) is 4.25. The van der Waals surface area contributed by atoms with E-state index in [-0.39, 0.29) is 0 Å². The number of aliphatic hydroxyl groups is 1. The van der Waals surface area contributed by atoms with Gasteiger partial charge in [0.1, 0.15) is 0 Å². The van der Waals surface area contributed by atoms with Crippen molar-refractivity contribution < 1.29 is 13.9 Å². The van der Waals surface area contributed by atoms with Gasteiger partial charge in [0.05, 0.1) is 5.60 Å². The first-order valence-electron chi connectivity index (χ1n) is 7.19. The van der Waals surface area contributed by atoms with Crippen LogP contribution >= 0.6 is 0 Å². The second-order valence-electron chi connectivity index (χ2n) is 5.88. The van der Waals surface area contributed by atoms with Crippen LogP contribution in [0, 0.1) is 17.6 Å². The summed E-state index contributed by atoms with van der Waals surface area (Å²) in [5, 5.41) is 10.6. The summed E-state index contributed by atoms with van der Waals surface area (Å²) < 4.78 is 26.0. The van der Waals surface area contributed by atoms with Crippen LogP contribution in [0.15, 0.2) is 18.2 Å². The molecule has 0 amide bonds. The molecular formula is C16H22F2O. The first kappa shape index (κ1) is 14.4. The van der Waals surface area contributed by atoms with E-state index in [1.54, 1.807) is 6.07 Å². The van der Waals surface area contributed by atoms with Gasteiger partial charge in [-0.1, -0.05) is 25.8 Å². The van der Waals surface area contributed by atoms with Gasteiger partial charge in [0.25, 0.3) is 0 Å². The zero-order chi connectivity index (χ0) is 13.9. The van der Waals surface area contributed by atoms with Crippen molar-refractivity contribution in [2.45, 2.75) is 57.5 Å². The van der Waals surface area contributed by atoms with Gasteiger partial charge in [-0.05, 0) is 49.3 Å². The van der Waals surface area contributed by atoms with Crippen molar-refractivity contribution >= 4 is 0 Å². The van der Waals surface area contributed by atoms with Crippen LogP contribution in [0.4, 0.5) is 8.78 Å². The molecule has 1 aromatic carbocycles. The molecule has 0 unspecified atom stereocenters. The third kappa shape index (κ3) is 3.75. The molecule has 0 spiro atoms. The molecule has 19 heavy (non-hydrogen) atoms. The molecular weight excluding hydrogens is 246 g/mol. The van der Waals surface area contributed by atoms with E-state index in [0.717, 1.165) is 37.7 Å². The zero-order valence-electron chi connectivity index (χ0n) is 11.5. The molecule has 1 aliphatic rings. The molecule has 1 aromatic rings. The van der Waals surface area contributed by atoms with Crippen molar-refractivity contribution in [3.05, 3.63) is 35.4 Å². The van der Waals surface area contributed by atoms with Crippen LogP contribution in [0.3, 0.4) is 0 Å². The molecule has 1 fully saturated rings. The largest absolute Gasteiger partial charge is 0.390 e. The van der Waals surface area contributed by atoms with Gasteiger partial charge in [-0.2, -0.15) is 0 Å². The molecule has 1 N–H and O–H groups in total. The summed E-state index contributed by atoms with van der Waals surface area (Å²) in [5.41, 5.74) is -0.0653. The molecule has 1 nitrogen and oxygen atoms in total. The highest BCUT2D eigenvalue weighted by Crippen LogP contribution is 2.36. The number of hydrogen-bond donors (Lipinski definition) is 1. The fourth-order valence-electron chi connectivity index (χ4n) is 3.12. The van der Waals surface area contributed by atoms with Crippen LogP contribution in [0.1, 0.15) is 51.0 Å². The lowest BCUT2D eigenvalue weighted by molar-refractivity contribution is -0.00993. The lowest BCUT2D eigenvalue weighted by Gasteiger charge is -2.36. The summed E-state index contributed by atoms with van der Waals surface area (Å²) in [5.74, 6) is -0.946. The van der Waals surface area contributed by atoms with Crippen molar-refractivity contribution in [3.8, 4) is 0 Å². The zero-order valence-corrected chi connectivity index (χ0v) is 11.5. The smallest absolute Gasteiger partial charge is 0.159 e. The van der Waals surface area contributed by atoms with E-state index in [0.29, 0.717) is 12.0 Å². The Morgan fingerprint density at radius 1 is 1.21 bits per heavy atom. The maximum absolute atomic E-state index is 13.2. The van der Waals surface area contributed by atoms with Crippen LogP contribution < -0.4 is 0 Å². The molecule has 0 aromatic heterocycles. The van der Waals surface area contributed by atoms with Crippen molar-refractivity contribution in [1.29, 1.82) is 0 Å². The van der Waals surface area contributed by atoms with Gasteiger partial charge in [0, 0.05) is 6.42 Å². The van der Waals surface area contributed by atoms with E-state index in [9.17, 15) is 13.9 Å². The number of rotatable bonds is 4. The highest BCUT2D eigenvalue weighted by Gasteiger charge is 2.33. The third-order valence-electron chi connectivity index (χ3n) is 4.25. The lowest BCUT2D eigenvalue weighted by Crippen LogP contribution is -2.36. The van der Waals surface area contributed by atoms with Crippen LogP contribution in [-0.2, 0) is 6.42 Å². The highest BCUT2D eigenvalue weighted by molar-refractivity contribution is 5.20. The minimum Gasteiger partial charge on any atom is -0.390 e. The van der Waals surface area contributed by atoms with E-state index < -0.39 is 17.2 Å².